The summed E-state index contributed by atoms with van der Waals surface area (Å²) in [5.74, 6) is -0.375. The van der Waals surface area contributed by atoms with Gasteiger partial charge in [0.1, 0.15) is 5.69 Å². The van der Waals surface area contributed by atoms with E-state index < -0.39 is 22.2 Å². The minimum atomic E-state index is -3.41. The summed E-state index contributed by atoms with van der Waals surface area (Å²) in [5.41, 5.74) is 4.17. The predicted octanol–water partition coefficient (Wildman–Crippen LogP) is 3.09. The number of carbonyl (C=O) groups excluding carboxylic acids is 1. The van der Waals surface area contributed by atoms with Crippen LogP contribution < -0.4 is 0 Å². The smallest absolute Gasteiger partial charge is 0.271 e. The fourth-order valence-electron chi connectivity index (χ4n) is 4.91. The fourth-order valence-corrected chi connectivity index (χ4v) is 5.33. The molecule has 1 amide bonds. The average molecular weight is 514 g/mol. The number of hydrogen-bond donors (Lipinski definition) is 1. The van der Waals surface area contributed by atoms with Crippen molar-refractivity contribution >= 4 is 26.8 Å². The third-order valence-electron chi connectivity index (χ3n) is 7.23. The third-order valence-corrected chi connectivity index (χ3v) is 8.51. The van der Waals surface area contributed by atoms with Gasteiger partial charge >= 0.3 is 0 Å². The Balaban J connectivity index is 1.93. The van der Waals surface area contributed by atoms with Gasteiger partial charge in [0.2, 0.25) is 10.0 Å². The molecule has 8 nitrogen and oxygen atoms in total. The van der Waals surface area contributed by atoms with Gasteiger partial charge in [-0.15, -0.1) is 0 Å². The zero-order valence-corrected chi connectivity index (χ0v) is 22.3. The van der Waals surface area contributed by atoms with Crippen LogP contribution in [0, 0.1) is 5.92 Å². The standard InChI is InChI=1S/C27H35N3O5S/c1-18-14-30(19(2)16-31)27(32)26-25(22-12-8-9-13-23(22)29(26)4)21-11-7-6-10-20(21)17-35-24(18)15-28(3)36(5,33)34/h6-13,18-19,24,31H,14-17H2,1-5H3/t18-,19-,24-/m1/s1. The van der Waals surface area contributed by atoms with Crippen LogP contribution >= 0.6 is 0 Å². The molecule has 0 saturated carbocycles. The van der Waals surface area contributed by atoms with Crippen LogP contribution in [0.2, 0.25) is 0 Å². The largest absolute Gasteiger partial charge is 0.394 e. The van der Waals surface area contributed by atoms with Gasteiger partial charge in [0.25, 0.3) is 5.91 Å². The first kappa shape index (κ1) is 26.3. The zero-order valence-electron chi connectivity index (χ0n) is 21.5. The van der Waals surface area contributed by atoms with Crippen LogP contribution in [0.1, 0.15) is 29.9 Å². The van der Waals surface area contributed by atoms with Gasteiger partial charge in [-0.1, -0.05) is 49.4 Å². The van der Waals surface area contributed by atoms with Crippen molar-refractivity contribution in [3.05, 3.63) is 59.8 Å². The zero-order chi connectivity index (χ0) is 26.2. The normalized spacial score (nSPS) is 20.2. The first-order chi connectivity index (χ1) is 17.0. The Bertz CT molecular complexity index is 1370. The summed E-state index contributed by atoms with van der Waals surface area (Å²) in [4.78, 5) is 15.9. The molecule has 0 fully saturated rings. The van der Waals surface area contributed by atoms with E-state index in [0.717, 1.165) is 27.6 Å². The summed E-state index contributed by atoms with van der Waals surface area (Å²) in [5, 5.41) is 11.0. The molecule has 0 saturated heterocycles. The minimum absolute atomic E-state index is 0.160. The van der Waals surface area contributed by atoms with Crippen molar-refractivity contribution in [1.82, 2.24) is 13.8 Å². The Morgan fingerprint density at radius 3 is 2.53 bits per heavy atom. The molecule has 1 N–H and O–H groups in total. The topological polar surface area (TPSA) is 92.1 Å². The van der Waals surface area contributed by atoms with E-state index in [1.54, 1.807) is 4.90 Å². The van der Waals surface area contributed by atoms with Crippen molar-refractivity contribution in [2.75, 3.05) is 33.0 Å². The number of para-hydroxylation sites is 1. The van der Waals surface area contributed by atoms with Crippen LogP contribution in [0.4, 0.5) is 0 Å². The lowest BCUT2D eigenvalue weighted by atomic mass is 9.96. The van der Waals surface area contributed by atoms with E-state index in [4.69, 9.17) is 4.74 Å². The van der Waals surface area contributed by atoms with Crippen molar-refractivity contribution in [3.63, 3.8) is 0 Å². The number of amides is 1. The maximum atomic E-state index is 14.2. The second-order valence-electron chi connectivity index (χ2n) is 9.82. The lowest BCUT2D eigenvalue weighted by Crippen LogP contribution is -2.47. The number of sulfonamides is 1. The number of ether oxygens (including phenoxy) is 1. The molecule has 1 aromatic heterocycles. The molecule has 2 aromatic carbocycles. The van der Waals surface area contributed by atoms with E-state index in [0.29, 0.717) is 12.2 Å². The molecule has 0 spiro atoms. The molecule has 0 radical (unpaired) electrons. The maximum Gasteiger partial charge on any atom is 0.271 e. The van der Waals surface area contributed by atoms with E-state index in [1.165, 1.54) is 17.6 Å². The van der Waals surface area contributed by atoms with Gasteiger partial charge < -0.3 is 19.3 Å². The van der Waals surface area contributed by atoms with Gasteiger partial charge in [-0.05, 0) is 24.1 Å². The van der Waals surface area contributed by atoms with Gasteiger partial charge in [0, 0.05) is 49.6 Å². The monoisotopic (exact) mass is 513 g/mol. The first-order valence-corrected chi connectivity index (χ1v) is 14.0. The predicted molar refractivity (Wildman–Crippen MR) is 141 cm³/mol. The molecular weight excluding hydrogens is 478 g/mol. The summed E-state index contributed by atoms with van der Waals surface area (Å²) in [6, 6.07) is 15.4. The maximum absolute atomic E-state index is 14.2. The molecule has 36 heavy (non-hydrogen) atoms. The molecule has 194 valence electrons. The molecule has 1 aliphatic rings. The van der Waals surface area contributed by atoms with E-state index in [-0.39, 0.29) is 31.6 Å². The quantitative estimate of drug-likeness (QED) is 0.566. The highest BCUT2D eigenvalue weighted by molar-refractivity contribution is 7.88. The molecule has 9 heteroatoms. The Morgan fingerprint density at radius 1 is 1.17 bits per heavy atom. The number of hydrogen-bond acceptors (Lipinski definition) is 5. The van der Waals surface area contributed by atoms with E-state index in [9.17, 15) is 18.3 Å². The average Bonchev–Trinajstić information content (AvgIpc) is 3.14. The SMILES string of the molecule is C[C@@H]1CN([C@H](C)CO)C(=O)c2c(c3ccccc3n2C)-c2ccccc2CO[C@@H]1CN(C)S(C)(=O)=O. The number of carbonyl (C=O) groups is 1. The van der Waals surface area contributed by atoms with Crippen LogP contribution in [0.15, 0.2) is 48.5 Å². The number of aromatic nitrogens is 1. The van der Waals surface area contributed by atoms with Gasteiger partial charge in [-0.2, -0.15) is 0 Å². The molecule has 0 unspecified atom stereocenters. The third kappa shape index (κ3) is 4.93. The summed E-state index contributed by atoms with van der Waals surface area (Å²) in [6.45, 7) is 4.32. The van der Waals surface area contributed by atoms with Gasteiger partial charge in [-0.25, -0.2) is 12.7 Å². The molecule has 4 rings (SSSR count). The van der Waals surface area contributed by atoms with Crippen molar-refractivity contribution in [2.45, 2.75) is 32.6 Å². The Morgan fingerprint density at radius 2 is 1.83 bits per heavy atom. The van der Waals surface area contributed by atoms with Crippen LogP contribution in [0.3, 0.4) is 0 Å². The molecule has 1 aliphatic heterocycles. The number of aliphatic hydroxyl groups is 1. The number of aryl methyl sites for hydroxylation is 1. The lowest BCUT2D eigenvalue weighted by Gasteiger charge is -2.34. The minimum Gasteiger partial charge on any atom is -0.394 e. The van der Waals surface area contributed by atoms with Crippen molar-refractivity contribution < 1.29 is 23.1 Å². The Hall–Kier alpha value is -2.72. The van der Waals surface area contributed by atoms with E-state index in [2.05, 4.69) is 0 Å². The number of aliphatic hydroxyl groups excluding tert-OH is 1. The van der Waals surface area contributed by atoms with Crippen LogP contribution in [0.5, 0.6) is 0 Å². The highest BCUT2D eigenvalue weighted by Gasteiger charge is 2.34. The van der Waals surface area contributed by atoms with Crippen LogP contribution in [0.25, 0.3) is 22.0 Å². The Labute approximate surface area is 213 Å². The first-order valence-electron chi connectivity index (χ1n) is 12.1. The number of likely N-dealkylation sites (N-methyl/N-ethyl adjacent to an activating group) is 1. The second-order valence-corrected chi connectivity index (χ2v) is 11.9. The van der Waals surface area contributed by atoms with E-state index in [1.807, 2.05) is 74.0 Å². The number of rotatable bonds is 5. The number of fused-ring (bicyclic) bond motifs is 5. The summed E-state index contributed by atoms with van der Waals surface area (Å²) >= 11 is 0. The molecule has 0 bridgehead atoms. The molecule has 3 aromatic rings. The van der Waals surface area contributed by atoms with Gasteiger partial charge in [0.15, 0.2) is 0 Å². The molecule has 0 aliphatic carbocycles. The fraction of sp³-hybridized carbons (Fsp3) is 0.444. The number of nitrogens with zero attached hydrogens (tertiary/aromatic N) is 3. The van der Waals surface area contributed by atoms with Crippen molar-refractivity contribution in [2.24, 2.45) is 13.0 Å². The summed E-state index contributed by atoms with van der Waals surface area (Å²) < 4.78 is 33.9. The summed E-state index contributed by atoms with van der Waals surface area (Å²) in [6.07, 6.45) is 0.709. The molecular formula is C27H35N3O5S. The van der Waals surface area contributed by atoms with Crippen LogP contribution in [-0.4, -0.2) is 78.3 Å². The summed E-state index contributed by atoms with van der Waals surface area (Å²) in [7, 11) is 0.0180. The highest BCUT2D eigenvalue weighted by atomic mass is 32.2. The highest BCUT2D eigenvalue weighted by Crippen LogP contribution is 2.38. The number of benzene rings is 2. The van der Waals surface area contributed by atoms with Gasteiger partial charge in [0.05, 0.1) is 31.6 Å². The van der Waals surface area contributed by atoms with Crippen LogP contribution in [-0.2, 0) is 28.4 Å². The van der Waals surface area contributed by atoms with Gasteiger partial charge in [-0.3, -0.25) is 4.79 Å². The molecule has 3 atom stereocenters. The lowest BCUT2D eigenvalue weighted by molar-refractivity contribution is -0.0146. The Kier molecular flexibility index (Phi) is 7.56. The second kappa shape index (κ2) is 10.3. The van der Waals surface area contributed by atoms with Crippen molar-refractivity contribution in [1.29, 1.82) is 0 Å². The van der Waals surface area contributed by atoms with Crippen molar-refractivity contribution in [3.8, 4) is 11.1 Å². The van der Waals surface area contributed by atoms with E-state index >= 15 is 0 Å². The molecule has 2 heterocycles.